The zero-order valence-electron chi connectivity index (χ0n) is 24.9. The summed E-state index contributed by atoms with van der Waals surface area (Å²) in [6.07, 6.45) is 2.71. The molecule has 1 unspecified atom stereocenters. The van der Waals surface area contributed by atoms with Gasteiger partial charge in [0.05, 0.1) is 7.11 Å². The zero-order chi connectivity index (χ0) is 29.2. The third kappa shape index (κ3) is 8.60. The van der Waals surface area contributed by atoms with E-state index in [-0.39, 0.29) is 23.6 Å². The maximum atomic E-state index is 11.1. The Bertz CT molecular complexity index is 1350. The molecule has 0 bridgehead atoms. The maximum absolute atomic E-state index is 11.1. The lowest BCUT2D eigenvalue weighted by Gasteiger charge is -2.33. The van der Waals surface area contributed by atoms with E-state index < -0.39 is 5.97 Å². The van der Waals surface area contributed by atoms with E-state index in [0.29, 0.717) is 17.7 Å². The second kappa shape index (κ2) is 15.4. The number of methoxy groups -OCH3 is 1. The number of halogens is 1. The van der Waals surface area contributed by atoms with Gasteiger partial charge in [0, 0.05) is 17.5 Å². The van der Waals surface area contributed by atoms with Gasteiger partial charge in [-0.15, -0.1) is 12.4 Å². The molecule has 0 fully saturated rings. The van der Waals surface area contributed by atoms with Crippen LogP contribution in [0.4, 0.5) is 0 Å². The molecule has 0 saturated heterocycles. The van der Waals surface area contributed by atoms with Gasteiger partial charge >= 0.3 is 5.97 Å². The van der Waals surface area contributed by atoms with Gasteiger partial charge in [-0.2, -0.15) is 0 Å². The fourth-order valence-electron chi connectivity index (χ4n) is 5.32. The van der Waals surface area contributed by atoms with Crippen LogP contribution in [0.25, 0.3) is 0 Å². The van der Waals surface area contributed by atoms with Gasteiger partial charge in [0.25, 0.3) is 0 Å². The van der Waals surface area contributed by atoms with Gasteiger partial charge in [0.15, 0.2) is 0 Å². The molecule has 0 amide bonds. The molecular weight excluding hydrogens is 546 g/mol. The van der Waals surface area contributed by atoms with Crippen molar-refractivity contribution in [3.05, 3.63) is 131 Å². The van der Waals surface area contributed by atoms with Crippen molar-refractivity contribution in [3.63, 3.8) is 0 Å². The van der Waals surface area contributed by atoms with E-state index in [1.807, 2.05) is 13.8 Å². The molecule has 2 N–H and O–H groups in total. The fourth-order valence-corrected chi connectivity index (χ4v) is 5.32. The molecule has 0 spiro atoms. The molecule has 42 heavy (non-hydrogen) atoms. The minimum absolute atomic E-state index is 0. The molecule has 1 atom stereocenters. The average molecular weight is 588 g/mol. The second-order valence-corrected chi connectivity index (χ2v) is 11.0. The Morgan fingerprint density at radius 2 is 1.40 bits per heavy atom. The lowest BCUT2D eigenvalue weighted by Crippen LogP contribution is -2.32. The highest BCUT2D eigenvalue weighted by molar-refractivity contribution is 5.92. The number of ether oxygens (including phenoxy) is 2. The Morgan fingerprint density at radius 1 is 0.881 bits per heavy atom. The van der Waals surface area contributed by atoms with Gasteiger partial charge in [-0.3, -0.25) is 0 Å². The lowest BCUT2D eigenvalue weighted by atomic mass is 9.88. The van der Waals surface area contributed by atoms with Crippen LogP contribution in [0.1, 0.15) is 78.2 Å². The van der Waals surface area contributed by atoms with Gasteiger partial charge in [0.1, 0.15) is 22.7 Å². The van der Waals surface area contributed by atoms with E-state index in [9.17, 15) is 4.79 Å². The molecule has 5 rings (SSSR count). The summed E-state index contributed by atoms with van der Waals surface area (Å²) >= 11 is 0. The van der Waals surface area contributed by atoms with E-state index in [2.05, 4.69) is 103 Å². The summed E-state index contributed by atoms with van der Waals surface area (Å²) in [5.74, 6) is 0.603. The summed E-state index contributed by atoms with van der Waals surface area (Å²) in [5.41, 5.74) is 4.95. The van der Waals surface area contributed by atoms with Gasteiger partial charge in [-0.05, 0) is 75.4 Å². The van der Waals surface area contributed by atoms with Gasteiger partial charge < -0.3 is 19.9 Å². The molecule has 0 aromatic heterocycles. The van der Waals surface area contributed by atoms with Crippen LogP contribution in [0, 0.1) is 0 Å². The van der Waals surface area contributed by atoms with Crippen molar-refractivity contribution >= 4 is 18.4 Å². The molecule has 0 saturated carbocycles. The highest BCUT2D eigenvalue weighted by atomic mass is 35.5. The number of benzene rings is 4. The number of aromatic carboxylic acids is 1. The van der Waals surface area contributed by atoms with Crippen LogP contribution in [0.15, 0.2) is 103 Å². The van der Waals surface area contributed by atoms with Gasteiger partial charge in [-0.25, -0.2) is 4.79 Å². The maximum Gasteiger partial charge on any atom is 0.339 e. The predicted molar refractivity (Wildman–Crippen MR) is 172 cm³/mol. The topological polar surface area (TPSA) is 67.8 Å². The lowest BCUT2D eigenvalue weighted by molar-refractivity contribution is 0.0690. The van der Waals surface area contributed by atoms with Crippen LogP contribution in [-0.2, 0) is 6.42 Å². The van der Waals surface area contributed by atoms with E-state index in [0.717, 1.165) is 37.1 Å². The Labute approximate surface area is 256 Å². The number of hydrogen-bond donors (Lipinski definition) is 2. The smallest absolute Gasteiger partial charge is 0.339 e. The van der Waals surface area contributed by atoms with Crippen molar-refractivity contribution in [2.45, 2.75) is 57.6 Å². The number of carbonyl (C=O) groups is 1. The molecule has 0 aliphatic carbocycles. The Morgan fingerprint density at radius 3 is 1.90 bits per heavy atom. The SMILES string of the molecule is CC(NCCC(c1ccccc1)c1ccccc1)c1ccccc1.COc1c(C(=O)O)ccc2c1CCC(C)(C)O2.Cl. The minimum Gasteiger partial charge on any atom is -0.495 e. The molecule has 1 aliphatic rings. The van der Waals surface area contributed by atoms with Crippen LogP contribution >= 0.6 is 12.4 Å². The summed E-state index contributed by atoms with van der Waals surface area (Å²) < 4.78 is 11.0. The molecule has 0 radical (unpaired) electrons. The number of fused-ring (bicyclic) bond motifs is 1. The number of rotatable bonds is 9. The highest BCUT2D eigenvalue weighted by Crippen LogP contribution is 2.40. The zero-order valence-corrected chi connectivity index (χ0v) is 25.7. The summed E-state index contributed by atoms with van der Waals surface area (Å²) in [6.45, 7) is 7.26. The van der Waals surface area contributed by atoms with Crippen molar-refractivity contribution in [1.82, 2.24) is 5.32 Å². The summed E-state index contributed by atoms with van der Waals surface area (Å²) in [4.78, 5) is 11.1. The first-order valence-electron chi connectivity index (χ1n) is 14.3. The molecule has 4 aromatic carbocycles. The van der Waals surface area contributed by atoms with Crippen molar-refractivity contribution in [3.8, 4) is 11.5 Å². The quantitative estimate of drug-likeness (QED) is 0.205. The van der Waals surface area contributed by atoms with E-state index in [1.165, 1.54) is 29.9 Å². The van der Waals surface area contributed by atoms with E-state index in [1.54, 1.807) is 6.07 Å². The van der Waals surface area contributed by atoms with E-state index in [4.69, 9.17) is 14.6 Å². The first-order valence-corrected chi connectivity index (χ1v) is 14.3. The second-order valence-electron chi connectivity index (χ2n) is 11.0. The third-order valence-corrected chi connectivity index (χ3v) is 7.60. The number of carboxylic acid groups (broad SMARTS) is 1. The van der Waals surface area contributed by atoms with Crippen LogP contribution in [0.5, 0.6) is 11.5 Å². The van der Waals surface area contributed by atoms with Crippen molar-refractivity contribution in [1.29, 1.82) is 0 Å². The Hall–Kier alpha value is -3.80. The first-order chi connectivity index (χ1) is 19.8. The van der Waals surface area contributed by atoms with Crippen molar-refractivity contribution in [2.24, 2.45) is 0 Å². The molecule has 1 aliphatic heterocycles. The van der Waals surface area contributed by atoms with Crippen LogP contribution in [0.3, 0.4) is 0 Å². The molecule has 4 aromatic rings. The van der Waals surface area contributed by atoms with Gasteiger partial charge in [0.2, 0.25) is 0 Å². The van der Waals surface area contributed by atoms with E-state index >= 15 is 0 Å². The average Bonchev–Trinajstić information content (AvgIpc) is 2.99. The normalized spacial score (nSPS) is 13.8. The standard InChI is InChI=1S/C23H25N.C13H16O4.ClH/c1-19(20-11-5-2-6-12-20)24-18-17-23(21-13-7-3-8-14-21)22-15-9-4-10-16-22;1-13(2)7-6-8-10(17-13)5-4-9(12(14)15)11(8)16-3;/h2-16,19,23-24H,17-18H2,1H3;4-5H,6-7H2,1-3H3,(H,14,15);1H. The number of nitrogens with one attached hydrogen (secondary N) is 1. The van der Waals surface area contributed by atoms with Crippen molar-refractivity contribution < 1.29 is 19.4 Å². The largest absolute Gasteiger partial charge is 0.495 e. The number of hydrogen-bond acceptors (Lipinski definition) is 4. The molecular formula is C36H42ClNO4. The molecule has 1 heterocycles. The Balaban J connectivity index is 0.000000238. The van der Waals surface area contributed by atoms with Crippen LogP contribution in [0.2, 0.25) is 0 Å². The van der Waals surface area contributed by atoms with Crippen LogP contribution < -0.4 is 14.8 Å². The Kier molecular flexibility index (Phi) is 12.0. The molecule has 222 valence electrons. The van der Waals surface area contributed by atoms with Crippen LogP contribution in [-0.4, -0.2) is 30.3 Å². The number of carboxylic acids is 1. The third-order valence-electron chi connectivity index (χ3n) is 7.60. The van der Waals surface area contributed by atoms with Gasteiger partial charge in [-0.1, -0.05) is 91.0 Å². The first kappa shape index (κ1) is 32.7. The molecule has 6 heteroatoms. The predicted octanol–water partition coefficient (Wildman–Crippen LogP) is 8.48. The summed E-state index contributed by atoms with van der Waals surface area (Å²) in [6, 6.07) is 35.9. The minimum atomic E-state index is -0.977. The highest BCUT2D eigenvalue weighted by Gasteiger charge is 2.30. The molecule has 5 nitrogen and oxygen atoms in total. The fraction of sp³-hybridized carbons (Fsp3) is 0.306. The van der Waals surface area contributed by atoms with Crippen molar-refractivity contribution in [2.75, 3.05) is 13.7 Å². The summed E-state index contributed by atoms with van der Waals surface area (Å²) in [5, 5.41) is 12.7. The summed E-state index contributed by atoms with van der Waals surface area (Å²) in [7, 11) is 1.49. The monoisotopic (exact) mass is 587 g/mol.